The lowest BCUT2D eigenvalue weighted by molar-refractivity contribution is -0.131. The summed E-state index contributed by atoms with van der Waals surface area (Å²) in [7, 11) is 0. The van der Waals surface area contributed by atoms with Gasteiger partial charge in [0.25, 0.3) is 0 Å². The van der Waals surface area contributed by atoms with Crippen LogP contribution in [0.4, 0.5) is 0 Å². The fourth-order valence-electron chi connectivity index (χ4n) is 2.26. The zero-order chi connectivity index (χ0) is 12.3. The molecule has 0 aromatic heterocycles. The lowest BCUT2D eigenvalue weighted by Gasteiger charge is -2.27. The van der Waals surface area contributed by atoms with E-state index in [1.54, 1.807) is 0 Å². The molecular weight excluding hydrogens is 212 g/mol. The Morgan fingerprint density at radius 1 is 1.35 bits per heavy atom. The quantitative estimate of drug-likeness (QED) is 0.851. The van der Waals surface area contributed by atoms with Crippen LogP contribution >= 0.6 is 0 Å². The molecule has 1 N–H and O–H groups in total. The summed E-state index contributed by atoms with van der Waals surface area (Å²) in [5.41, 5.74) is 3.97. The number of piperazine rings is 1. The van der Waals surface area contributed by atoms with Gasteiger partial charge in [0, 0.05) is 19.6 Å². The van der Waals surface area contributed by atoms with Crippen LogP contribution in [-0.2, 0) is 11.2 Å². The maximum atomic E-state index is 11.6. The molecule has 0 bridgehead atoms. The van der Waals surface area contributed by atoms with Gasteiger partial charge < -0.3 is 10.2 Å². The van der Waals surface area contributed by atoms with Crippen LogP contribution in [0.15, 0.2) is 18.2 Å². The van der Waals surface area contributed by atoms with Crippen LogP contribution in [0, 0.1) is 13.8 Å². The molecule has 1 saturated heterocycles. The zero-order valence-corrected chi connectivity index (χ0v) is 10.6. The van der Waals surface area contributed by atoms with E-state index in [1.165, 1.54) is 16.7 Å². The summed E-state index contributed by atoms with van der Waals surface area (Å²) in [5.74, 6) is 0.223. The van der Waals surface area contributed by atoms with Crippen molar-refractivity contribution in [1.29, 1.82) is 0 Å². The van der Waals surface area contributed by atoms with E-state index in [1.807, 2.05) is 4.90 Å². The molecule has 1 aliphatic rings. The Labute approximate surface area is 103 Å². The molecule has 1 aromatic rings. The van der Waals surface area contributed by atoms with Crippen LogP contribution in [0.3, 0.4) is 0 Å². The zero-order valence-electron chi connectivity index (χ0n) is 10.6. The number of benzene rings is 1. The fourth-order valence-corrected chi connectivity index (χ4v) is 2.26. The molecule has 0 radical (unpaired) electrons. The van der Waals surface area contributed by atoms with Crippen molar-refractivity contribution in [3.8, 4) is 0 Å². The molecule has 0 aliphatic carbocycles. The lowest BCUT2D eigenvalue weighted by atomic mass is 10.0. The lowest BCUT2D eigenvalue weighted by Crippen LogP contribution is -2.48. The average Bonchev–Trinajstić information content (AvgIpc) is 2.30. The highest BCUT2D eigenvalue weighted by atomic mass is 16.2. The molecule has 1 amide bonds. The second-order valence-corrected chi connectivity index (χ2v) is 4.74. The highest BCUT2D eigenvalue weighted by Crippen LogP contribution is 2.12. The molecule has 92 valence electrons. The van der Waals surface area contributed by atoms with E-state index < -0.39 is 0 Å². The Hall–Kier alpha value is -1.35. The molecule has 3 nitrogen and oxygen atoms in total. The first kappa shape index (κ1) is 12.1. The summed E-state index contributed by atoms with van der Waals surface area (Å²) in [4.78, 5) is 13.6. The summed E-state index contributed by atoms with van der Waals surface area (Å²) < 4.78 is 0. The van der Waals surface area contributed by atoms with Crippen LogP contribution in [0.25, 0.3) is 0 Å². The number of nitrogens with zero attached hydrogens (tertiary/aromatic N) is 1. The third-order valence-corrected chi connectivity index (χ3v) is 3.34. The van der Waals surface area contributed by atoms with Gasteiger partial charge in [-0.25, -0.2) is 0 Å². The molecule has 17 heavy (non-hydrogen) atoms. The van der Waals surface area contributed by atoms with E-state index in [0.717, 1.165) is 26.1 Å². The third-order valence-electron chi connectivity index (χ3n) is 3.34. The van der Waals surface area contributed by atoms with Crippen LogP contribution in [0.2, 0.25) is 0 Å². The Morgan fingerprint density at radius 3 is 2.88 bits per heavy atom. The van der Waals surface area contributed by atoms with Gasteiger partial charge in [-0.1, -0.05) is 23.8 Å². The molecule has 1 aromatic carbocycles. The number of aryl methyl sites for hydroxylation is 2. The summed E-state index contributed by atoms with van der Waals surface area (Å²) >= 11 is 0. The van der Waals surface area contributed by atoms with Gasteiger partial charge in [-0.15, -0.1) is 0 Å². The Kier molecular flexibility index (Phi) is 3.79. The van der Waals surface area contributed by atoms with Crippen LogP contribution in [0.5, 0.6) is 0 Å². The minimum absolute atomic E-state index is 0.223. The van der Waals surface area contributed by atoms with Gasteiger partial charge in [0.05, 0.1) is 6.54 Å². The minimum Gasteiger partial charge on any atom is -0.340 e. The van der Waals surface area contributed by atoms with Crippen molar-refractivity contribution in [2.45, 2.75) is 20.3 Å². The summed E-state index contributed by atoms with van der Waals surface area (Å²) in [5, 5.41) is 3.09. The predicted molar refractivity (Wildman–Crippen MR) is 69.1 cm³/mol. The van der Waals surface area contributed by atoms with Crippen LogP contribution in [-0.4, -0.2) is 37.0 Å². The van der Waals surface area contributed by atoms with Gasteiger partial charge >= 0.3 is 0 Å². The second kappa shape index (κ2) is 5.32. The SMILES string of the molecule is Cc1ccc(CCN2CCNCC2=O)c(C)c1. The van der Waals surface area contributed by atoms with Gasteiger partial charge in [-0.3, -0.25) is 4.79 Å². The standard InChI is InChI=1S/C14H20N2O/c1-11-3-4-13(12(2)9-11)5-7-16-8-6-15-10-14(16)17/h3-4,9,15H,5-8,10H2,1-2H3. The number of carbonyl (C=O) groups excluding carboxylic acids is 1. The van der Waals surface area contributed by atoms with Gasteiger partial charge in [-0.05, 0) is 31.4 Å². The molecular formula is C14H20N2O. The molecule has 0 spiro atoms. The van der Waals surface area contributed by atoms with Crippen molar-refractivity contribution in [3.63, 3.8) is 0 Å². The summed E-state index contributed by atoms with van der Waals surface area (Å²) in [6.45, 7) is 7.33. The van der Waals surface area contributed by atoms with E-state index >= 15 is 0 Å². The first-order valence-electron chi connectivity index (χ1n) is 6.21. The molecule has 2 rings (SSSR count). The highest BCUT2D eigenvalue weighted by Gasteiger charge is 2.16. The van der Waals surface area contributed by atoms with Gasteiger partial charge in [-0.2, -0.15) is 0 Å². The van der Waals surface area contributed by atoms with Crippen molar-refractivity contribution < 1.29 is 4.79 Å². The van der Waals surface area contributed by atoms with Gasteiger partial charge in [0.15, 0.2) is 0 Å². The number of hydrogen-bond acceptors (Lipinski definition) is 2. The van der Waals surface area contributed by atoms with E-state index in [-0.39, 0.29) is 5.91 Å². The molecule has 0 atom stereocenters. The molecule has 3 heteroatoms. The maximum Gasteiger partial charge on any atom is 0.236 e. The third kappa shape index (κ3) is 3.07. The van der Waals surface area contributed by atoms with Crippen molar-refractivity contribution in [2.75, 3.05) is 26.2 Å². The Morgan fingerprint density at radius 2 is 2.18 bits per heavy atom. The summed E-state index contributed by atoms with van der Waals surface area (Å²) in [6, 6.07) is 6.52. The summed E-state index contributed by atoms with van der Waals surface area (Å²) in [6.07, 6.45) is 0.956. The Bertz CT molecular complexity index is 415. The number of carbonyl (C=O) groups is 1. The first-order valence-corrected chi connectivity index (χ1v) is 6.21. The largest absolute Gasteiger partial charge is 0.340 e. The van der Waals surface area contributed by atoms with Crippen LogP contribution in [0.1, 0.15) is 16.7 Å². The predicted octanol–water partition coefficient (Wildman–Crippen LogP) is 1.28. The van der Waals surface area contributed by atoms with Crippen molar-refractivity contribution in [2.24, 2.45) is 0 Å². The molecule has 1 aliphatic heterocycles. The monoisotopic (exact) mass is 232 g/mol. The number of rotatable bonds is 3. The maximum absolute atomic E-state index is 11.6. The molecule has 1 fully saturated rings. The second-order valence-electron chi connectivity index (χ2n) is 4.74. The van der Waals surface area contributed by atoms with E-state index in [4.69, 9.17) is 0 Å². The van der Waals surface area contributed by atoms with Crippen molar-refractivity contribution in [1.82, 2.24) is 10.2 Å². The van der Waals surface area contributed by atoms with E-state index in [9.17, 15) is 4.79 Å². The van der Waals surface area contributed by atoms with E-state index in [0.29, 0.717) is 6.54 Å². The molecule has 0 unspecified atom stereocenters. The normalized spacial score (nSPS) is 16.4. The smallest absolute Gasteiger partial charge is 0.236 e. The van der Waals surface area contributed by atoms with Crippen LogP contribution < -0.4 is 5.32 Å². The number of nitrogens with one attached hydrogen (secondary N) is 1. The Balaban J connectivity index is 1.95. The van der Waals surface area contributed by atoms with Crippen molar-refractivity contribution >= 4 is 5.91 Å². The number of amides is 1. The molecule has 0 saturated carbocycles. The first-order chi connectivity index (χ1) is 8.16. The fraction of sp³-hybridized carbons (Fsp3) is 0.500. The topological polar surface area (TPSA) is 32.3 Å². The number of hydrogen-bond donors (Lipinski definition) is 1. The van der Waals surface area contributed by atoms with Gasteiger partial charge in [0.1, 0.15) is 0 Å². The minimum atomic E-state index is 0.223. The van der Waals surface area contributed by atoms with Crippen molar-refractivity contribution in [3.05, 3.63) is 34.9 Å². The molecule has 1 heterocycles. The van der Waals surface area contributed by atoms with E-state index in [2.05, 4.69) is 37.4 Å². The highest BCUT2D eigenvalue weighted by molar-refractivity contribution is 5.79. The average molecular weight is 232 g/mol. The van der Waals surface area contributed by atoms with Gasteiger partial charge in [0.2, 0.25) is 5.91 Å².